The summed E-state index contributed by atoms with van der Waals surface area (Å²) < 4.78 is 25.1. The molecule has 4 rings (SSSR count). The predicted molar refractivity (Wildman–Crippen MR) is 127 cm³/mol. The Labute approximate surface area is 201 Å². The van der Waals surface area contributed by atoms with Crippen LogP contribution in [0, 0.1) is 19.7 Å². The van der Waals surface area contributed by atoms with E-state index < -0.39 is 5.97 Å². The molecule has 6 nitrogen and oxygen atoms in total. The molecule has 3 aromatic rings. The zero-order chi connectivity index (χ0) is 24.4. The van der Waals surface area contributed by atoms with Crippen molar-refractivity contribution in [2.45, 2.75) is 32.8 Å². The fraction of sp³-hybridized carbons (Fsp3) is 0.231. The van der Waals surface area contributed by atoms with Crippen LogP contribution in [0.5, 0.6) is 11.5 Å². The average Bonchev–Trinajstić information content (AvgIpc) is 3.16. The van der Waals surface area contributed by atoms with Crippen LogP contribution in [0.25, 0.3) is 0 Å². The third kappa shape index (κ3) is 5.31. The molecule has 1 amide bonds. The van der Waals surface area contributed by atoms with E-state index in [1.165, 1.54) is 12.1 Å². The highest BCUT2D eigenvalue weighted by molar-refractivity contribution is 6.34. The van der Waals surface area contributed by atoms with Crippen molar-refractivity contribution in [2.75, 3.05) is 11.9 Å². The van der Waals surface area contributed by atoms with Crippen LogP contribution < -0.4 is 14.8 Å². The zero-order valence-electron chi connectivity index (χ0n) is 18.7. The van der Waals surface area contributed by atoms with Gasteiger partial charge in [0.1, 0.15) is 30.0 Å². The number of hydrogen-bond acceptors (Lipinski definition) is 4. The maximum atomic E-state index is 13.4. The first kappa shape index (κ1) is 23.6. The lowest BCUT2D eigenvalue weighted by molar-refractivity contribution is -0.136. The standard InChI is InChI=1S/C26H23ClFNO5/c1-14-7-19(33-13-20-12-17-11-18(28)4-6-23(17)34-20)8-15(2)25(14)26(32)29-22-9-16(10-24(30)31)3-5-21(22)27/h3-9,11,20H,10,12-13H2,1-2H3,(H,29,32)(H,30,31)/t20-/m1/s1. The number of carboxylic acid groups (broad SMARTS) is 1. The molecular formula is C26H23ClFNO5. The average molecular weight is 484 g/mol. The summed E-state index contributed by atoms with van der Waals surface area (Å²) in [6.07, 6.45) is 0.169. The van der Waals surface area contributed by atoms with Crippen molar-refractivity contribution in [3.05, 3.63) is 87.2 Å². The smallest absolute Gasteiger partial charge is 0.307 e. The Kier molecular flexibility index (Phi) is 6.75. The number of ether oxygens (including phenoxy) is 2. The third-order valence-electron chi connectivity index (χ3n) is 5.57. The van der Waals surface area contributed by atoms with E-state index in [1.807, 2.05) is 13.8 Å². The summed E-state index contributed by atoms with van der Waals surface area (Å²) in [5.41, 5.74) is 3.60. The molecule has 8 heteroatoms. The Morgan fingerprint density at radius 1 is 1.15 bits per heavy atom. The van der Waals surface area contributed by atoms with E-state index in [2.05, 4.69) is 5.32 Å². The van der Waals surface area contributed by atoms with Crippen molar-refractivity contribution in [3.8, 4) is 11.5 Å². The quantitative estimate of drug-likeness (QED) is 0.472. The summed E-state index contributed by atoms with van der Waals surface area (Å²) in [6.45, 7) is 3.90. The van der Waals surface area contributed by atoms with Gasteiger partial charge in [-0.1, -0.05) is 17.7 Å². The van der Waals surface area contributed by atoms with Crippen LogP contribution in [0.2, 0.25) is 5.02 Å². The molecular weight excluding hydrogens is 461 g/mol. The molecule has 3 aromatic carbocycles. The molecule has 0 bridgehead atoms. The Morgan fingerprint density at radius 2 is 1.88 bits per heavy atom. The monoisotopic (exact) mass is 483 g/mol. The molecule has 34 heavy (non-hydrogen) atoms. The second-order valence-corrected chi connectivity index (χ2v) is 8.69. The number of carbonyl (C=O) groups is 2. The number of carbonyl (C=O) groups excluding carboxylic acids is 1. The number of aryl methyl sites for hydroxylation is 2. The highest BCUT2D eigenvalue weighted by Crippen LogP contribution is 2.31. The minimum atomic E-state index is -0.971. The third-order valence-corrected chi connectivity index (χ3v) is 5.90. The molecule has 176 valence electrons. The number of benzene rings is 3. The number of anilines is 1. The fourth-order valence-corrected chi connectivity index (χ4v) is 4.24. The van der Waals surface area contributed by atoms with Crippen LogP contribution in [0.4, 0.5) is 10.1 Å². The van der Waals surface area contributed by atoms with Gasteiger partial charge in [0.2, 0.25) is 0 Å². The van der Waals surface area contributed by atoms with E-state index >= 15 is 0 Å². The van der Waals surface area contributed by atoms with E-state index in [9.17, 15) is 14.0 Å². The van der Waals surface area contributed by atoms with Crippen LogP contribution >= 0.6 is 11.6 Å². The van der Waals surface area contributed by atoms with Gasteiger partial charge in [-0.05, 0) is 73.0 Å². The normalized spacial score (nSPS) is 14.3. The molecule has 1 aliphatic rings. The number of amides is 1. The van der Waals surface area contributed by atoms with Gasteiger partial charge in [-0.2, -0.15) is 0 Å². The summed E-state index contributed by atoms with van der Waals surface area (Å²) in [4.78, 5) is 24.0. The summed E-state index contributed by atoms with van der Waals surface area (Å²) >= 11 is 6.20. The molecule has 0 radical (unpaired) electrons. The minimum Gasteiger partial charge on any atom is -0.490 e. The number of hydrogen-bond donors (Lipinski definition) is 2. The van der Waals surface area contributed by atoms with Gasteiger partial charge in [0, 0.05) is 17.5 Å². The van der Waals surface area contributed by atoms with Crippen LogP contribution in [-0.4, -0.2) is 29.7 Å². The number of aliphatic carboxylic acids is 1. The van der Waals surface area contributed by atoms with Crippen LogP contribution in [0.15, 0.2) is 48.5 Å². The number of halogens is 2. The van der Waals surface area contributed by atoms with Gasteiger partial charge >= 0.3 is 5.97 Å². The van der Waals surface area contributed by atoms with E-state index in [1.54, 1.807) is 36.4 Å². The molecule has 0 unspecified atom stereocenters. The topological polar surface area (TPSA) is 84.9 Å². The first-order valence-corrected chi connectivity index (χ1v) is 11.1. The molecule has 0 spiro atoms. The molecule has 1 heterocycles. The Balaban J connectivity index is 1.43. The van der Waals surface area contributed by atoms with E-state index in [-0.39, 0.29) is 30.9 Å². The molecule has 1 atom stereocenters. The van der Waals surface area contributed by atoms with Gasteiger partial charge < -0.3 is 19.9 Å². The first-order chi connectivity index (χ1) is 16.2. The maximum Gasteiger partial charge on any atom is 0.307 e. The molecule has 0 fully saturated rings. The molecule has 1 aliphatic heterocycles. The predicted octanol–water partition coefficient (Wildman–Crippen LogP) is 5.36. The number of fused-ring (bicyclic) bond motifs is 1. The molecule has 2 N–H and O–H groups in total. The van der Waals surface area contributed by atoms with Gasteiger partial charge in [-0.25, -0.2) is 4.39 Å². The largest absolute Gasteiger partial charge is 0.490 e. The fourth-order valence-electron chi connectivity index (χ4n) is 4.07. The van der Waals surface area contributed by atoms with E-state index in [0.29, 0.717) is 50.9 Å². The van der Waals surface area contributed by atoms with Crippen molar-refractivity contribution in [1.82, 2.24) is 0 Å². The molecule has 0 aromatic heterocycles. The Morgan fingerprint density at radius 3 is 2.59 bits per heavy atom. The summed E-state index contributed by atoms with van der Waals surface area (Å²) in [6, 6.07) is 12.7. The second-order valence-electron chi connectivity index (χ2n) is 8.28. The summed E-state index contributed by atoms with van der Waals surface area (Å²) in [5, 5.41) is 12.1. The van der Waals surface area contributed by atoms with E-state index in [4.69, 9.17) is 26.2 Å². The SMILES string of the molecule is Cc1cc(OC[C@H]2Cc3cc(F)ccc3O2)cc(C)c1C(=O)Nc1cc(CC(=O)O)ccc1Cl. The van der Waals surface area contributed by atoms with Crippen molar-refractivity contribution in [3.63, 3.8) is 0 Å². The summed E-state index contributed by atoms with van der Waals surface area (Å²) in [5.74, 6) is -0.355. The van der Waals surface area contributed by atoms with Gasteiger partial charge in [-0.15, -0.1) is 0 Å². The van der Waals surface area contributed by atoms with Gasteiger partial charge in [-0.3, -0.25) is 9.59 Å². The lowest BCUT2D eigenvalue weighted by atomic mass is 10.0. The van der Waals surface area contributed by atoms with Crippen LogP contribution in [0.1, 0.15) is 32.6 Å². The number of rotatable bonds is 7. The highest BCUT2D eigenvalue weighted by atomic mass is 35.5. The van der Waals surface area contributed by atoms with Crippen molar-refractivity contribution in [2.24, 2.45) is 0 Å². The number of nitrogens with one attached hydrogen (secondary N) is 1. The lowest BCUT2D eigenvalue weighted by Crippen LogP contribution is -2.22. The minimum absolute atomic E-state index is 0.172. The Bertz CT molecular complexity index is 1250. The van der Waals surface area contributed by atoms with Crippen molar-refractivity contribution in [1.29, 1.82) is 0 Å². The van der Waals surface area contributed by atoms with Gasteiger partial charge in [0.25, 0.3) is 5.91 Å². The highest BCUT2D eigenvalue weighted by Gasteiger charge is 2.24. The molecule has 0 saturated heterocycles. The zero-order valence-corrected chi connectivity index (χ0v) is 19.4. The van der Waals surface area contributed by atoms with Gasteiger partial charge in [0.05, 0.1) is 17.1 Å². The van der Waals surface area contributed by atoms with Crippen molar-refractivity contribution < 1.29 is 28.6 Å². The van der Waals surface area contributed by atoms with Gasteiger partial charge in [0.15, 0.2) is 0 Å². The van der Waals surface area contributed by atoms with Crippen LogP contribution in [0.3, 0.4) is 0 Å². The van der Waals surface area contributed by atoms with Crippen molar-refractivity contribution >= 4 is 29.2 Å². The summed E-state index contributed by atoms with van der Waals surface area (Å²) in [7, 11) is 0. The van der Waals surface area contributed by atoms with Crippen LogP contribution in [-0.2, 0) is 17.6 Å². The second kappa shape index (κ2) is 9.73. The first-order valence-electron chi connectivity index (χ1n) is 10.7. The maximum absolute atomic E-state index is 13.4. The molecule has 0 saturated carbocycles. The van der Waals surface area contributed by atoms with E-state index in [0.717, 1.165) is 5.56 Å². The lowest BCUT2D eigenvalue weighted by Gasteiger charge is -2.16. The molecule has 0 aliphatic carbocycles. The number of carboxylic acids is 1. The Hall–Kier alpha value is -3.58.